The molecule has 1 aromatic carbocycles. The number of aromatic nitrogens is 3. The number of rotatable bonds is 7. The average Bonchev–Trinajstić information content (AvgIpc) is 3.51. The van der Waals surface area contributed by atoms with Gasteiger partial charge in [-0.15, -0.1) is 0 Å². The fourth-order valence-corrected chi connectivity index (χ4v) is 4.36. The molecule has 3 aromatic rings. The smallest absolute Gasteiger partial charge is 0.317 e. The number of amides is 1. The van der Waals surface area contributed by atoms with Gasteiger partial charge in [0.15, 0.2) is 0 Å². The Labute approximate surface area is 209 Å². The molecule has 1 aliphatic rings. The lowest BCUT2D eigenvalue weighted by Gasteiger charge is -2.27. The van der Waals surface area contributed by atoms with Crippen molar-refractivity contribution in [3.8, 4) is 0 Å². The van der Waals surface area contributed by atoms with Gasteiger partial charge in [-0.2, -0.15) is 5.10 Å². The van der Waals surface area contributed by atoms with Crippen LogP contribution in [0.1, 0.15) is 36.7 Å². The second kappa shape index (κ2) is 10.3. The molecule has 3 heterocycles. The van der Waals surface area contributed by atoms with Crippen molar-refractivity contribution in [3.05, 3.63) is 76.2 Å². The first kappa shape index (κ1) is 24.4. The third-order valence-corrected chi connectivity index (χ3v) is 6.10. The molecular formula is C25H29ClN8O. The number of aliphatic imine (C=N–C) groups is 2. The number of halogens is 1. The maximum atomic E-state index is 13.4. The van der Waals surface area contributed by atoms with Crippen molar-refractivity contribution in [2.45, 2.75) is 26.4 Å². The Hall–Kier alpha value is -3.69. The van der Waals surface area contributed by atoms with Crippen molar-refractivity contribution in [2.75, 3.05) is 18.9 Å². The van der Waals surface area contributed by atoms with Gasteiger partial charge in [0.25, 0.3) is 0 Å². The van der Waals surface area contributed by atoms with Crippen molar-refractivity contribution in [1.82, 2.24) is 24.6 Å². The number of nitrogens with one attached hydrogen (secondary N) is 2. The van der Waals surface area contributed by atoms with E-state index in [9.17, 15) is 4.79 Å². The fraction of sp³-hybridized carbons (Fsp3) is 0.280. The zero-order valence-corrected chi connectivity index (χ0v) is 21.0. The van der Waals surface area contributed by atoms with Crippen LogP contribution >= 0.6 is 11.6 Å². The molecule has 35 heavy (non-hydrogen) atoms. The van der Waals surface area contributed by atoms with Gasteiger partial charge >= 0.3 is 6.03 Å². The highest BCUT2D eigenvalue weighted by molar-refractivity contribution is 6.30. The molecular weight excluding hydrogens is 464 g/mol. The van der Waals surface area contributed by atoms with E-state index in [1.54, 1.807) is 15.4 Å². The molecule has 0 fully saturated rings. The third-order valence-electron chi connectivity index (χ3n) is 5.87. The Morgan fingerprint density at radius 2 is 2.09 bits per heavy atom. The molecule has 0 radical (unpaired) electrons. The van der Waals surface area contributed by atoms with Crippen LogP contribution in [0.15, 0.2) is 64.3 Å². The van der Waals surface area contributed by atoms with Crippen LogP contribution in [-0.2, 0) is 13.6 Å². The Morgan fingerprint density at radius 1 is 1.29 bits per heavy atom. The summed E-state index contributed by atoms with van der Waals surface area (Å²) in [4.78, 5) is 24.0. The number of nitrogens with zero attached hydrogens (tertiary/aromatic N) is 6. The van der Waals surface area contributed by atoms with Crippen LogP contribution in [0, 0.1) is 0 Å². The predicted molar refractivity (Wildman–Crippen MR) is 141 cm³/mol. The first-order valence-electron chi connectivity index (χ1n) is 11.2. The summed E-state index contributed by atoms with van der Waals surface area (Å²) in [6.07, 6.45) is 3.52. The number of likely N-dealkylation sites (N-methyl/N-ethyl adjacent to an activating group) is 1. The first-order chi connectivity index (χ1) is 16.8. The van der Waals surface area contributed by atoms with E-state index in [1.807, 2.05) is 75.4 Å². The van der Waals surface area contributed by atoms with Gasteiger partial charge in [0.05, 0.1) is 24.5 Å². The Kier molecular flexibility index (Phi) is 7.18. The molecule has 0 unspecified atom stereocenters. The van der Waals surface area contributed by atoms with Crippen molar-refractivity contribution in [1.29, 1.82) is 0 Å². The van der Waals surface area contributed by atoms with Gasteiger partial charge in [-0.05, 0) is 56.9 Å². The second-order valence-corrected chi connectivity index (χ2v) is 8.97. The topological polar surface area (TPSA) is 91.8 Å². The molecule has 182 valence electrons. The van der Waals surface area contributed by atoms with Gasteiger partial charge in [0.2, 0.25) is 5.96 Å². The number of anilines is 1. The van der Waals surface area contributed by atoms with Crippen LogP contribution in [0.3, 0.4) is 0 Å². The SMILES string of the molecule is C=N/C(=N\C(=C(C)C)c1cc2n(c1)C(=O)N([C@H](CNC)c1cccc(Cl)c1)C2)Nc1ccnn1C. The van der Waals surface area contributed by atoms with Crippen molar-refractivity contribution in [3.63, 3.8) is 0 Å². The Bertz CT molecular complexity index is 1310. The zero-order valence-electron chi connectivity index (χ0n) is 20.3. The van der Waals surface area contributed by atoms with E-state index in [2.05, 4.69) is 27.4 Å². The van der Waals surface area contributed by atoms with E-state index in [0.717, 1.165) is 33.9 Å². The number of allylic oxidation sites excluding steroid dienone is 1. The fourth-order valence-electron chi connectivity index (χ4n) is 4.16. The van der Waals surface area contributed by atoms with E-state index in [0.29, 0.717) is 24.1 Å². The maximum Gasteiger partial charge on any atom is 0.329 e. The molecule has 1 aliphatic heterocycles. The molecule has 1 atom stereocenters. The van der Waals surface area contributed by atoms with E-state index < -0.39 is 0 Å². The molecule has 9 nitrogen and oxygen atoms in total. The minimum Gasteiger partial charge on any atom is -0.317 e. The summed E-state index contributed by atoms with van der Waals surface area (Å²) in [5.74, 6) is 1.09. The quantitative estimate of drug-likeness (QED) is 0.374. The number of benzene rings is 1. The molecule has 2 N–H and O–H groups in total. The van der Waals surface area contributed by atoms with Crippen LogP contribution in [0.4, 0.5) is 10.6 Å². The van der Waals surface area contributed by atoms with Crippen molar-refractivity contribution in [2.24, 2.45) is 17.0 Å². The monoisotopic (exact) mass is 492 g/mol. The van der Waals surface area contributed by atoms with Gasteiger partial charge < -0.3 is 15.5 Å². The van der Waals surface area contributed by atoms with Gasteiger partial charge in [-0.1, -0.05) is 23.7 Å². The molecule has 1 amide bonds. The zero-order chi connectivity index (χ0) is 25.1. The molecule has 0 bridgehead atoms. The predicted octanol–water partition coefficient (Wildman–Crippen LogP) is 4.54. The van der Waals surface area contributed by atoms with Crippen LogP contribution < -0.4 is 10.6 Å². The largest absolute Gasteiger partial charge is 0.329 e. The summed E-state index contributed by atoms with van der Waals surface area (Å²) < 4.78 is 3.38. The average molecular weight is 493 g/mol. The van der Waals surface area contributed by atoms with Crippen molar-refractivity contribution < 1.29 is 4.79 Å². The number of carbonyl (C=O) groups is 1. The number of hydrogen-bond acceptors (Lipinski definition) is 4. The van der Waals surface area contributed by atoms with Gasteiger partial charge in [0.1, 0.15) is 5.82 Å². The van der Waals surface area contributed by atoms with E-state index in [4.69, 9.17) is 16.6 Å². The van der Waals surface area contributed by atoms with E-state index in [-0.39, 0.29) is 12.1 Å². The van der Waals surface area contributed by atoms with Gasteiger partial charge in [0, 0.05) is 42.1 Å². The lowest BCUT2D eigenvalue weighted by atomic mass is 10.1. The second-order valence-electron chi connectivity index (χ2n) is 8.54. The van der Waals surface area contributed by atoms with Crippen LogP contribution in [-0.4, -0.2) is 51.5 Å². The van der Waals surface area contributed by atoms with Gasteiger partial charge in [-0.25, -0.2) is 14.8 Å². The minimum absolute atomic E-state index is 0.0846. The maximum absolute atomic E-state index is 13.4. The van der Waals surface area contributed by atoms with Crippen molar-refractivity contribution >= 4 is 41.8 Å². The Morgan fingerprint density at radius 3 is 2.69 bits per heavy atom. The van der Waals surface area contributed by atoms with Crippen LogP contribution in [0.2, 0.25) is 5.02 Å². The lowest BCUT2D eigenvalue weighted by Crippen LogP contribution is -2.36. The molecule has 0 saturated heterocycles. The number of fused-ring (bicyclic) bond motifs is 1. The summed E-state index contributed by atoms with van der Waals surface area (Å²) in [7, 11) is 3.70. The number of guanidine groups is 1. The highest BCUT2D eigenvalue weighted by Crippen LogP contribution is 2.32. The number of carbonyl (C=O) groups excluding carboxylic acids is 1. The highest BCUT2D eigenvalue weighted by Gasteiger charge is 2.34. The molecule has 0 saturated carbocycles. The number of hydrogen-bond donors (Lipinski definition) is 2. The summed E-state index contributed by atoms with van der Waals surface area (Å²) in [5, 5.41) is 11.1. The molecule has 0 aliphatic carbocycles. The summed E-state index contributed by atoms with van der Waals surface area (Å²) in [5.41, 5.74) is 4.44. The van der Waals surface area contributed by atoms with E-state index >= 15 is 0 Å². The normalized spacial score (nSPS) is 14.1. The molecule has 0 spiro atoms. The first-order valence-corrected chi connectivity index (χ1v) is 11.6. The van der Waals surface area contributed by atoms with Crippen LogP contribution in [0.25, 0.3) is 5.70 Å². The Balaban J connectivity index is 1.61. The molecule has 2 aromatic heterocycles. The standard InChI is InChI=1S/C25H29ClN8O/c1-16(2)23(31-24(28-4)30-22-9-10-29-32(22)5)18-12-20-15-34(25(35)33(20)14-18)21(13-27-3)17-7-6-8-19(26)11-17/h6-12,14,21,27H,4,13,15H2,1-3,5H3,(H,30,31)/t21-/m1/s1. The minimum atomic E-state index is -0.143. The molecule has 4 rings (SSSR count). The van der Waals surface area contributed by atoms with Gasteiger partial charge in [-0.3, -0.25) is 9.25 Å². The third kappa shape index (κ3) is 5.06. The number of aryl methyl sites for hydroxylation is 1. The summed E-state index contributed by atoms with van der Waals surface area (Å²) in [6, 6.07) is 11.2. The lowest BCUT2D eigenvalue weighted by molar-refractivity contribution is 0.186. The molecule has 10 heteroatoms. The summed E-state index contributed by atoms with van der Waals surface area (Å²) >= 11 is 6.22. The highest BCUT2D eigenvalue weighted by atomic mass is 35.5. The summed E-state index contributed by atoms with van der Waals surface area (Å²) in [6.45, 7) is 8.69. The van der Waals surface area contributed by atoms with E-state index in [1.165, 1.54) is 0 Å². The van der Waals surface area contributed by atoms with Crippen LogP contribution in [0.5, 0.6) is 0 Å².